The zero-order valence-electron chi connectivity index (χ0n) is 20.5. The fourth-order valence-electron chi connectivity index (χ4n) is 4.17. The van der Waals surface area contributed by atoms with Crippen molar-refractivity contribution in [1.29, 1.82) is 0 Å². The Hall–Kier alpha value is -3.63. The molecular formula is C27H20F2N5O3PSSe. The number of carbonyl (C=O) groups is 1. The van der Waals surface area contributed by atoms with E-state index in [9.17, 15) is 13.6 Å². The molecule has 0 saturated heterocycles. The van der Waals surface area contributed by atoms with Gasteiger partial charge in [-0.1, -0.05) is 10.3 Å². The van der Waals surface area contributed by atoms with Crippen LogP contribution in [0.5, 0.6) is 0 Å². The standard InChI is InChI=1S/C27H20F2N5O3PSSe/c28-19-3-9-24(10-4-19)38(40,25-11-5-20(29)6-12-25)23-7-1-18(2-8-23)26(35)30-21-13-17(16-37-36)14-22(15-21)34-27(39)31-32-33-34/h1-15,36H,16H2,(H,30,35)(H,31,33,39). The summed E-state index contributed by atoms with van der Waals surface area (Å²) in [5.74, 6) is -1.09. The first-order valence-electron chi connectivity index (χ1n) is 11.7. The number of H-pyrrole nitrogens is 1. The van der Waals surface area contributed by atoms with Crippen molar-refractivity contribution in [2.24, 2.45) is 0 Å². The van der Waals surface area contributed by atoms with Gasteiger partial charge in [0.25, 0.3) is 0 Å². The number of nitrogens with one attached hydrogen (secondary N) is 2. The second-order valence-corrected chi connectivity index (χ2v) is 15.2. The van der Waals surface area contributed by atoms with E-state index in [1.165, 1.54) is 28.9 Å². The molecule has 13 heteroatoms. The quantitative estimate of drug-likeness (QED) is 0.0771. The number of hydrogen-bond donors (Lipinski definition) is 3. The van der Waals surface area contributed by atoms with E-state index in [1.54, 1.807) is 54.6 Å². The molecule has 1 amide bonds. The van der Waals surface area contributed by atoms with Gasteiger partial charge in [-0.25, -0.2) is 0 Å². The topological polar surface area (TPSA) is 105 Å². The maximum atomic E-state index is 13.7. The third-order valence-electron chi connectivity index (χ3n) is 6.07. The van der Waals surface area contributed by atoms with Crippen molar-refractivity contribution in [3.05, 3.63) is 119 Å². The summed E-state index contributed by atoms with van der Waals surface area (Å²) in [6, 6.07) is 24.5. The van der Waals surface area contributed by atoms with E-state index in [2.05, 4.69) is 40.8 Å². The fraction of sp³-hybridized carbons (Fsp3) is 0.0370. The Morgan fingerprint density at radius 3 is 2.00 bits per heavy atom. The van der Waals surface area contributed by atoms with Crippen molar-refractivity contribution in [2.45, 2.75) is 6.61 Å². The molecule has 1 aromatic heterocycles. The summed E-state index contributed by atoms with van der Waals surface area (Å²) < 4.78 is 29.1. The molecule has 202 valence electrons. The Bertz CT molecular complexity index is 1730. The fourth-order valence-corrected chi connectivity index (χ4v) is 9.26. The Morgan fingerprint density at radius 2 is 1.50 bits per heavy atom. The van der Waals surface area contributed by atoms with E-state index in [0.29, 0.717) is 22.5 Å². The van der Waals surface area contributed by atoms with Gasteiger partial charge in [0.2, 0.25) is 0 Å². The third kappa shape index (κ3) is 5.78. The van der Waals surface area contributed by atoms with Crippen LogP contribution in [0.4, 0.5) is 14.5 Å². The molecule has 0 unspecified atom stereocenters. The number of tetrazole rings is 1. The van der Waals surface area contributed by atoms with Gasteiger partial charge in [0.1, 0.15) is 0 Å². The predicted molar refractivity (Wildman–Crippen MR) is 153 cm³/mol. The summed E-state index contributed by atoms with van der Waals surface area (Å²) in [5.41, 5.74) is -0.476. The van der Waals surface area contributed by atoms with Crippen LogP contribution >= 0.6 is 17.7 Å². The Morgan fingerprint density at radius 1 is 0.950 bits per heavy atom. The number of aromatic amines is 1. The van der Waals surface area contributed by atoms with Gasteiger partial charge in [-0.2, -0.15) is 0 Å². The maximum absolute atomic E-state index is 13.7. The van der Waals surface area contributed by atoms with Crippen molar-refractivity contribution in [3.8, 4) is 5.69 Å². The van der Waals surface area contributed by atoms with Crippen LogP contribution in [0, 0.1) is 16.4 Å². The normalized spacial score (nSPS) is 11.4. The summed E-state index contributed by atoms with van der Waals surface area (Å²) >= 11 is 8.48. The third-order valence-corrected chi connectivity index (χ3v) is 13.4. The van der Waals surface area contributed by atoms with Gasteiger partial charge in [-0.05, 0) is 12.2 Å². The molecular weight excluding hydrogens is 622 g/mol. The van der Waals surface area contributed by atoms with E-state index < -0.39 is 5.51 Å². The minimum atomic E-state index is -2.39. The zero-order valence-corrected chi connectivity index (χ0v) is 23.9. The first-order valence-corrected chi connectivity index (χ1v) is 16.1. The molecule has 0 aliphatic rings. The van der Waals surface area contributed by atoms with E-state index in [-0.39, 0.29) is 28.9 Å². The summed E-state index contributed by atoms with van der Waals surface area (Å²) in [6.45, 7) is -0.119. The molecule has 5 rings (SSSR count). The number of nitrogens with zero attached hydrogens (tertiary/aromatic N) is 3. The molecule has 0 fully saturated rings. The molecule has 8 nitrogen and oxygen atoms in total. The molecule has 0 spiro atoms. The number of rotatable bonds is 8. The second-order valence-electron chi connectivity index (χ2n) is 8.64. The Labute approximate surface area is 239 Å². The van der Waals surface area contributed by atoms with Crippen LogP contribution in [0.1, 0.15) is 15.9 Å². The average Bonchev–Trinajstić information content (AvgIpc) is 3.39. The Kier molecular flexibility index (Phi) is 8.27. The molecule has 3 N–H and O–H groups in total. The predicted octanol–water partition coefficient (Wildman–Crippen LogP) is 4.22. The molecule has 0 aliphatic carbocycles. The number of halogens is 2. The molecule has 0 radical (unpaired) electrons. The summed E-state index contributed by atoms with van der Waals surface area (Å²) in [6.07, 6.45) is 0. The summed E-state index contributed by atoms with van der Waals surface area (Å²) in [7, 11) is 0. The summed E-state index contributed by atoms with van der Waals surface area (Å²) in [4.78, 5) is 17.5. The van der Waals surface area contributed by atoms with Crippen molar-refractivity contribution >= 4 is 60.3 Å². The Balaban J connectivity index is 1.47. The van der Waals surface area contributed by atoms with E-state index in [0.717, 1.165) is 15.9 Å². The zero-order chi connectivity index (χ0) is 28.3. The van der Waals surface area contributed by atoms with Crippen molar-refractivity contribution < 1.29 is 23.7 Å². The van der Waals surface area contributed by atoms with Crippen molar-refractivity contribution in [2.75, 3.05) is 5.32 Å². The van der Waals surface area contributed by atoms with Gasteiger partial charge in [-0.3, -0.25) is 5.26 Å². The van der Waals surface area contributed by atoms with E-state index >= 15 is 0 Å². The van der Waals surface area contributed by atoms with Crippen LogP contribution in [0.3, 0.4) is 0 Å². The van der Waals surface area contributed by atoms with Crippen LogP contribution in [0.25, 0.3) is 5.69 Å². The van der Waals surface area contributed by atoms with Crippen LogP contribution in [0.2, 0.25) is 0 Å². The van der Waals surface area contributed by atoms with Gasteiger partial charge in [0.15, 0.2) is 0 Å². The average molecular weight is 642 g/mol. The number of hydrogen-bond acceptors (Lipinski definition) is 6. The number of benzene rings is 4. The number of anilines is 1. The van der Waals surface area contributed by atoms with Crippen molar-refractivity contribution in [1.82, 2.24) is 20.2 Å². The molecule has 4 aromatic carbocycles. The molecule has 0 atom stereocenters. The monoisotopic (exact) mass is 643 g/mol. The van der Waals surface area contributed by atoms with Crippen LogP contribution in [-0.4, -0.2) is 46.5 Å². The molecule has 1 heterocycles. The number of aromatic nitrogens is 4. The van der Waals surface area contributed by atoms with E-state index in [1.807, 2.05) is 12.1 Å². The van der Waals surface area contributed by atoms with Crippen LogP contribution in [0.15, 0.2) is 91.0 Å². The number of carbonyl (C=O) groups excluding carboxylic acids is 1. The molecule has 0 saturated carbocycles. The molecule has 0 aliphatic heterocycles. The van der Waals surface area contributed by atoms with Gasteiger partial charge < -0.3 is 0 Å². The van der Waals surface area contributed by atoms with Gasteiger partial charge in [0.05, 0.1) is 0 Å². The molecule has 0 bridgehead atoms. The first kappa shape index (κ1) is 27.9. The minimum absolute atomic E-state index is 0.119. The summed E-state index contributed by atoms with van der Waals surface area (Å²) in [5, 5.41) is 24.5. The van der Waals surface area contributed by atoms with Crippen LogP contribution in [-0.2, 0) is 11.5 Å². The number of amides is 1. The van der Waals surface area contributed by atoms with Gasteiger partial charge in [-0.15, -0.1) is 0 Å². The molecule has 5 aromatic rings. The molecule has 40 heavy (non-hydrogen) atoms. The SMILES string of the molecule is O=C(Nc1cc(COO)cc(-n2[nH]nnc2=S)c1)c1ccc(P(=[Se])(c2ccc(F)cc2)c2ccc(F)cc2)cc1. The van der Waals surface area contributed by atoms with Crippen LogP contribution < -0.4 is 21.2 Å². The first-order chi connectivity index (χ1) is 19.3. The second kappa shape index (κ2) is 11.9. The van der Waals surface area contributed by atoms with Crippen molar-refractivity contribution in [3.63, 3.8) is 0 Å². The van der Waals surface area contributed by atoms with Gasteiger partial charge >= 0.3 is 213 Å². The van der Waals surface area contributed by atoms with Gasteiger partial charge in [0, 0.05) is 0 Å². The van der Waals surface area contributed by atoms with E-state index in [4.69, 9.17) is 17.5 Å².